The Morgan fingerprint density at radius 3 is 1.22 bits per heavy atom. The monoisotopic (exact) mass is 922 g/mol. The number of alkyl halides is 3. The van der Waals surface area contributed by atoms with Gasteiger partial charge in [0.2, 0.25) is 0 Å². The van der Waals surface area contributed by atoms with Crippen LogP contribution in [0.5, 0.6) is 0 Å². The topological polar surface area (TPSA) is 175 Å². The van der Waals surface area contributed by atoms with Crippen LogP contribution in [0.4, 0.5) is 22.8 Å². The maximum Gasteiger partial charge on any atom is 0.534 e. The summed E-state index contributed by atoms with van der Waals surface area (Å²) in [6.07, 6.45) is 5.23. The van der Waals surface area contributed by atoms with E-state index in [9.17, 15) is 31.2 Å². The van der Waals surface area contributed by atoms with Crippen LogP contribution in [0.1, 0.15) is 163 Å². The minimum absolute atomic E-state index is 0.0320. The predicted molar refractivity (Wildman–Crippen MR) is 234 cm³/mol. The fraction of sp³-hybridized carbons (Fsp3) is 0.854. The summed E-state index contributed by atoms with van der Waals surface area (Å²) < 4.78 is 109. The van der Waals surface area contributed by atoms with Gasteiger partial charge in [0.15, 0.2) is 0 Å². The van der Waals surface area contributed by atoms with Crippen molar-refractivity contribution in [3.63, 3.8) is 0 Å². The first kappa shape index (κ1) is 54.8. The average Bonchev–Trinajstić information content (AvgIpc) is 3.53. The Morgan fingerprint density at radius 1 is 0.603 bits per heavy atom. The lowest BCUT2D eigenvalue weighted by Crippen LogP contribution is -2.41. The first-order chi connectivity index (χ1) is 28.1. The number of nitrogens with one attached hydrogen (secondary N) is 2. The zero-order valence-electron chi connectivity index (χ0n) is 40.6. The van der Waals surface area contributed by atoms with Crippen molar-refractivity contribution >= 4 is 43.4 Å². The number of alkyl carbamates (subject to hydrolysis) is 2. The van der Waals surface area contributed by atoms with Crippen LogP contribution in [0.25, 0.3) is 0 Å². The van der Waals surface area contributed by atoms with E-state index < -0.39 is 46.9 Å². The van der Waals surface area contributed by atoms with Crippen molar-refractivity contribution in [2.75, 3.05) is 0 Å². The van der Waals surface area contributed by atoms with Gasteiger partial charge in [-0.2, -0.15) is 21.6 Å². The van der Waals surface area contributed by atoms with Crippen molar-refractivity contribution in [3.8, 4) is 0 Å². The molecule has 0 radical (unpaired) electrons. The van der Waals surface area contributed by atoms with Crippen molar-refractivity contribution in [2.45, 2.75) is 226 Å². The Bertz CT molecular complexity index is 1730. The standard InChI is InChI=1S/C17H30BNO4.C12H24B2O4.C12H18F3NO5S/c1-15(2,3)21-14(20)19-13-10-8-12(9-11-13)18-22-16(4,5)17(6,7)23-18;1-9(2)10(3,4)16-13(15-9)14-17-11(5,6)12(7,8)18-14;1-11(2,3)20-10(17)16-8-4-6-9(7-5-8)21-22(18,19)12(13,14)15/h8,13H,9-11H2,1-7H3,(H,19,20);1-8H3;6,8H,4-5,7H2,1-3H3,(H,16,17). The summed E-state index contributed by atoms with van der Waals surface area (Å²) in [7, 11) is -6.87. The number of carbonyl (C=O) groups is 2. The molecule has 2 unspecified atom stereocenters. The van der Waals surface area contributed by atoms with E-state index in [1.54, 1.807) is 20.8 Å². The zero-order valence-corrected chi connectivity index (χ0v) is 41.4. The van der Waals surface area contributed by atoms with Crippen molar-refractivity contribution < 1.29 is 72.8 Å². The summed E-state index contributed by atoms with van der Waals surface area (Å²) in [5.41, 5.74) is -7.49. The second-order valence-electron chi connectivity index (χ2n) is 21.5. The molecule has 22 heteroatoms. The summed E-state index contributed by atoms with van der Waals surface area (Å²) in [5.74, 6) is -0.278. The van der Waals surface area contributed by atoms with E-state index in [-0.39, 0.29) is 83.9 Å². The number of rotatable bonds is 6. The largest absolute Gasteiger partial charge is 0.534 e. The number of allylic oxidation sites excluding steroid dienone is 2. The maximum atomic E-state index is 12.2. The molecule has 3 heterocycles. The van der Waals surface area contributed by atoms with Gasteiger partial charge in [0.05, 0.1) is 33.6 Å². The van der Waals surface area contributed by atoms with Gasteiger partial charge < -0.3 is 52.2 Å². The van der Waals surface area contributed by atoms with Gasteiger partial charge in [-0.3, -0.25) is 0 Å². The number of hydrogen-bond acceptors (Lipinski definition) is 13. The molecule has 0 saturated carbocycles. The molecule has 63 heavy (non-hydrogen) atoms. The molecule has 3 aliphatic heterocycles. The predicted octanol–water partition coefficient (Wildman–Crippen LogP) is 8.68. The van der Waals surface area contributed by atoms with Crippen molar-refractivity contribution in [1.82, 2.24) is 10.6 Å². The molecule has 15 nitrogen and oxygen atoms in total. The molecule has 360 valence electrons. The van der Waals surface area contributed by atoms with E-state index in [2.05, 4.69) is 48.6 Å². The lowest BCUT2D eigenvalue weighted by Gasteiger charge is -2.32. The molecule has 2 aliphatic carbocycles. The van der Waals surface area contributed by atoms with Crippen LogP contribution in [-0.4, -0.2) is 104 Å². The van der Waals surface area contributed by atoms with Crippen LogP contribution in [0.15, 0.2) is 23.4 Å². The fourth-order valence-corrected chi connectivity index (χ4v) is 6.87. The third kappa shape index (κ3) is 15.0. The highest BCUT2D eigenvalue weighted by atomic mass is 32.2. The molecule has 5 aliphatic rings. The van der Waals surface area contributed by atoms with Crippen molar-refractivity contribution in [1.29, 1.82) is 0 Å². The molecule has 3 fully saturated rings. The second-order valence-corrected chi connectivity index (χ2v) is 23.0. The minimum Gasteiger partial charge on any atom is -0.444 e. The van der Waals surface area contributed by atoms with E-state index in [0.717, 1.165) is 19.3 Å². The SMILES string of the molecule is CC(C)(C)OC(=O)NC1CC=C(B2OC(C)(C)C(C)(C)O2)CC1.CC(C)(C)OC(=O)NC1CC=C(OS(=O)(=O)C(F)(F)F)CC1.CC1(C)OB(B2OC(C)(C)C(C)(C)O2)OC1(C)C. The van der Waals surface area contributed by atoms with Crippen LogP contribution >= 0.6 is 0 Å². The fourth-order valence-electron chi connectivity index (χ4n) is 6.35. The smallest absolute Gasteiger partial charge is 0.444 e. The highest BCUT2D eigenvalue weighted by Crippen LogP contribution is 2.43. The van der Waals surface area contributed by atoms with Crippen LogP contribution in [0.2, 0.25) is 0 Å². The highest BCUT2D eigenvalue weighted by Gasteiger charge is 2.64. The van der Waals surface area contributed by atoms with E-state index in [0.29, 0.717) is 0 Å². The number of amides is 2. The van der Waals surface area contributed by atoms with Gasteiger partial charge in [-0.1, -0.05) is 6.08 Å². The summed E-state index contributed by atoms with van der Waals surface area (Å²) in [5, 5.41) is 5.49. The van der Waals surface area contributed by atoms with Crippen LogP contribution < -0.4 is 10.6 Å². The first-order valence-corrected chi connectivity index (χ1v) is 22.9. The van der Waals surface area contributed by atoms with E-state index in [1.165, 1.54) is 11.5 Å². The summed E-state index contributed by atoms with van der Waals surface area (Å²) in [6, 6.07) is -0.244. The highest BCUT2D eigenvalue weighted by molar-refractivity contribution is 7.87. The third-order valence-corrected chi connectivity index (χ3v) is 13.1. The Balaban J connectivity index is 0.000000253. The Morgan fingerprint density at radius 2 is 0.937 bits per heavy atom. The average molecular weight is 923 g/mol. The quantitative estimate of drug-likeness (QED) is 0.147. The van der Waals surface area contributed by atoms with Gasteiger partial charge in [0.1, 0.15) is 17.0 Å². The molecule has 0 bridgehead atoms. The number of hydrogen-bond donors (Lipinski definition) is 2. The van der Waals surface area contributed by atoms with Gasteiger partial charge in [0.25, 0.3) is 0 Å². The summed E-state index contributed by atoms with van der Waals surface area (Å²) in [6.45, 7) is 35.1. The minimum atomic E-state index is -5.64. The molecule has 0 aromatic rings. The molecular formula is C41H72B3F3N2O13S. The number of carbonyl (C=O) groups excluding carboxylic acids is 2. The number of halogens is 3. The lowest BCUT2D eigenvalue weighted by molar-refractivity contribution is -0.0524. The van der Waals surface area contributed by atoms with E-state index in [1.807, 2.05) is 76.2 Å². The number of ether oxygens (including phenoxy) is 2. The molecular weight excluding hydrogens is 850 g/mol. The van der Waals surface area contributed by atoms with Crippen molar-refractivity contribution in [3.05, 3.63) is 23.4 Å². The van der Waals surface area contributed by atoms with Crippen LogP contribution in [-0.2, 0) is 51.7 Å². The van der Waals surface area contributed by atoms with Gasteiger partial charge in [-0.15, -0.1) is 0 Å². The first-order valence-electron chi connectivity index (χ1n) is 21.5. The van der Waals surface area contributed by atoms with E-state index in [4.69, 9.17) is 37.4 Å². The van der Waals surface area contributed by atoms with E-state index >= 15 is 0 Å². The Kier molecular flexibility index (Phi) is 16.6. The van der Waals surface area contributed by atoms with Crippen LogP contribution in [0, 0.1) is 0 Å². The Hall–Kier alpha value is -2.49. The second kappa shape index (κ2) is 19.0. The lowest BCUT2D eigenvalue weighted by atomic mass is 9.49. The van der Waals surface area contributed by atoms with Gasteiger partial charge in [0, 0.05) is 18.5 Å². The van der Waals surface area contributed by atoms with Gasteiger partial charge in [-0.25, -0.2) is 9.59 Å². The summed E-state index contributed by atoms with van der Waals surface area (Å²) >= 11 is 0. The molecule has 0 aromatic carbocycles. The molecule has 5 rings (SSSR count). The van der Waals surface area contributed by atoms with Crippen LogP contribution in [0.3, 0.4) is 0 Å². The summed E-state index contributed by atoms with van der Waals surface area (Å²) in [4.78, 5) is 23.4. The normalized spacial score (nSPS) is 25.9. The molecule has 2 atom stereocenters. The third-order valence-electron chi connectivity index (χ3n) is 12.1. The molecule has 0 spiro atoms. The molecule has 0 aromatic heterocycles. The molecule has 2 N–H and O–H groups in total. The Labute approximate surface area is 374 Å². The van der Waals surface area contributed by atoms with Gasteiger partial charge >= 0.3 is 48.9 Å². The molecule has 2 amide bonds. The maximum absolute atomic E-state index is 12.2. The molecule has 3 saturated heterocycles. The van der Waals surface area contributed by atoms with Gasteiger partial charge in [-0.05, 0) is 168 Å². The zero-order chi connectivity index (χ0) is 48.6. The van der Waals surface area contributed by atoms with Crippen molar-refractivity contribution in [2.24, 2.45) is 0 Å².